The Morgan fingerprint density at radius 3 is 2.62 bits per heavy atom. The van der Waals surface area contributed by atoms with E-state index in [9.17, 15) is 13.2 Å². The zero-order valence-electron chi connectivity index (χ0n) is 7.07. The summed E-state index contributed by atoms with van der Waals surface area (Å²) in [5, 5.41) is 0. The Hall–Kier alpha value is -1.14. The average molecular weight is 202 g/mol. The van der Waals surface area contributed by atoms with Crippen LogP contribution < -0.4 is 10.3 Å². The summed E-state index contributed by atoms with van der Waals surface area (Å²) in [4.78, 5) is 13.0. The standard InChI is InChI=1S/C7H10N2O3S/c1-2-9-13(11,12)6-3-4-7(10)8-5-6/h3-5,9H,2H2,1H3,(H,8,10). The molecular weight excluding hydrogens is 192 g/mol. The largest absolute Gasteiger partial charge is 0.328 e. The van der Waals surface area contributed by atoms with Gasteiger partial charge in [0.2, 0.25) is 15.6 Å². The summed E-state index contributed by atoms with van der Waals surface area (Å²) in [6, 6.07) is 2.43. The van der Waals surface area contributed by atoms with Gasteiger partial charge in [-0.1, -0.05) is 6.92 Å². The number of rotatable bonds is 3. The molecule has 2 N–H and O–H groups in total. The Kier molecular flexibility index (Phi) is 2.84. The van der Waals surface area contributed by atoms with E-state index in [2.05, 4.69) is 9.71 Å². The molecule has 0 radical (unpaired) electrons. The van der Waals surface area contributed by atoms with Gasteiger partial charge in [-0.2, -0.15) is 0 Å². The van der Waals surface area contributed by atoms with E-state index in [1.165, 1.54) is 18.3 Å². The Bertz CT molecular complexity index is 415. The third-order valence-corrected chi connectivity index (χ3v) is 2.94. The van der Waals surface area contributed by atoms with Crippen LogP contribution in [0.3, 0.4) is 0 Å². The summed E-state index contributed by atoms with van der Waals surface area (Å²) in [6.45, 7) is 2.00. The van der Waals surface area contributed by atoms with Gasteiger partial charge in [-0.25, -0.2) is 13.1 Å². The fourth-order valence-corrected chi connectivity index (χ4v) is 1.84. The molecule has 0 spiro atoms. The highest BCUT2D eigenvalue weighted by atomic mass is 32.2. The number of aromatic amines is 1. The molecule has 0 atom stereocenters. The van der Waals surface area contributed by atoms with Crippen molar-refractivity contribution in [1.29, 1.82) is 0 Å². The highest BCUT2D eigenvalue weighted by Crippen LogP contribution is 2.02. The summed E-state index contributed by atoms with van der Waals surface area (Å²) in [5.41, 5.74) is -0.324. The smallest absolute Gasteiger partial charge is 0.247 e. The van der Waals surface area contributed by atoms with Crippen molar-refractivity contribution in [2.24, 2.45) is 0 Å². The van der Waals surface area contributed by atoms with Gasteiger partial charge in [0.15, 0.2) is 0 Å². The second-order valence-corrected chi connectivity index (χ2v) is 4.16. The van der Waals surface area contributed by atoms with Gasteiger partial charge in [0.25, 0.3) is 0 Å². The summed E-state index contributed by atoms with van der Waals surface area (Å²) in [7, 11) is -3.45. The number of pyridine rings is 1. The van der Waals surface area contributed by atoms with Crippen LogP contribution in [0.4, 0.5) is 0 Å². The van der Waals surface area contributed by atoms with E-state index in [-0.39, 0.29) is 10.5 Å². The Balaban J connectivity index is 3.09. The number of hydrogen-bond donors (Lipinski definition) is 2. The number of nitrogens with one attached hydrogen (secondary N) is 2. The molecule has 0 amide bonds. The first-order chi connectivity index (χ1) is 6.06. The van der Waals surface area contributed by atoms with E-state index in [1.807, 2.05) is 0 Å². The molecule has 0 fully saturated rings. The van der Waals surface area contributed by atoms with Crippen LogP contribution in [0.2, 0.25) is 0 Å². The van der Waals surface area contributed by atoms with Crippen molar-refractivity contribution in [2.75, 3.05) is 6.54 Å². The van der Waals surface area contributed by atoms with E-state index in [4.69, 9.17) is 0 Å². The maximum Gasteiger partial charge on any atom is 0.247 e. The topological polar surface area (TPSA) is 79.0 Å². The Morgan fingerprint density at radius 1 is 1.46 bits per heavy atom. The van der Waals surface area contributed by atoms with Crippen LogP contribution in [0.5, 0.6) is 0 Å². The van der Waals surface area contributed by atoms with Crippen molar-refractivity contribution >= 4 is 10.0 Å². The second-order valence-electron chi connectivity index (χ2n) is 2.39. The van der Waals surface area contributed by atoms with Crippen LogP contribution in [0, 0.1) is 0 Å². The maximum atomic E-state index is 11.3. The predicted octanol–water partition coefficient (Wildman–Crippen LogP) is -0.327. The molecule has 0 aromatic carbocycles. The van der Waals surface area contributed by atoms with E-state index in [1.54, 1.807) is 6.92 Å². The molecule has 1 heterocycles. The third kappa shape index (κ3) is 2.40. The van der Waals surface area contributed by atoms with Crippen LogP contribution >= 0.6 is 0 Å². The van der Waals surface area contributed by atoms with Crippen LogP contribution in [0.15, 0.2) is 28.0 Å². The molecule has 0 unspecified atom stereocenters. The Morgan fingerprint density at radius 2 is 2.15 bits per heavy atom. The summed E-state index contributed by atoms with van der Waals surface area (Å²) in [6.07, 6.45) is 1.17. The Labute approximate surface area is 75.9 Å². The molecule has 1 aromatic rings. The van der Waals surface area contributed by atoms with Crippen LogP contribution in [0.1, 0.15) is 6.92 Å². The van der Waals surface area contributed by atoms with Crippen molar-refractivity contribution in [1.82, 2.24) is 9.71 Å². The van der Waals surface area contributed by atoms with Gasteiger partial charge < -0.3 is 4.98 Å². The zero-order valence-corrected chi connectivity index (χ0v) is 7.89. The molecule has 0 aliphatic rings. The van der Waals surface area contributed by atoms with Crippen molar-refractivity contribution in [2.45, 2.75) is 11.8 Å². The molecule has 1 rings (SSSR count). The molecule has 0 aliphatic carbocycles. The summed E-state index contributed by atoms with van der Waals surface area (Å²) < 4.78 is 24.9. The van der Waals surface area contributed by atoms with Crippen LogP contribution in [-0.2, 0) is 10.0 Å². The van der Waals surface area contributed by atoms with Crippen molar-refractivity contribution in [3.8, 4) is 0 Å². The lowest BCUT2D eigenvalue weighted by Gasteiger charge is -2.02. The van der Waals surface area contributed by atoms with Gasteiger partial charge in [-0.3, -0.25) is 4.79 Å². The molecule has 72 valence electrons. The minimum atomic E-state index is -3.45. The number of H-pyrrole nitrogens is 1. The molecule has 0 saturated carbocycles. The minimum absolute atomic E-state index is 0.0638. The fourth-order valence-electron chi connectivity index (χ4n) is 0.837. The first kappa shape index (κ1) is 9.94. The quantitative estimate of drug-likeness (QED) is 0.704. The van der Waals surface area contributed by atoms with Gasteiger partial charge in [0, 0.05) is 18.8 Å². The first-order valence-corrected chi connectivity index (χ1v) is 5.23. The minimum Gasteiger partial charge on any atom is -0.328 e. The molecule has 6 heteroatoms. The SMILES string of the molecule is CCNS(=O)(=O)c1ccc(=O)[nH]c1. The molecule has 0 saturated heterocycles. The monoisotopic (exact) mass is 202 g/mol. The first-order valence-electron chi connectivity index (χ1n) is 3.74. The number of aromatic nitrogens is 1. The number of sulfonamides is 1. The van der Waals surface area contributed by atoms with Crippen LogP contribution in [0.25, 0.3) is 0 Å². The zero-order chi connectivity index (χ0) is 9.90. The molecule has 0 aliphatic heterocycles. The van der Waals surface area contributed by atoms with E-state index < -0.39 is 10.0 Å². The normalized spacial score (nSPS) is 11.5. The highest BCUT2D eigenvalue weighted by Gasteiger charge is 2.11. The summed E-state index contributed by atoms with van der Waals surface area (Å²) in [5.74, 6) is 0. The van der Waals surface area contributed by atoms with E-state index >= 15 is 0 Å². The lowest BCUT2D eigenvalue weighted by molar-refractivity contribution is 0.583. The molecule has 0 bridgehead atoms. The highest BCUT2D eigenvalue weighted by molar-refractivity contribution is 7.89. The lowest BCUT2D eigenvalue weighted by Crippen LogP contribution is -2.23. The molecule has 1 aromatic heterocycles. The van der Waals surface area contributed by atoms with Crippen molar-refractivity contribution in [3.05, 3.63) is 28.7 Å². The van der Waals surface area contributed by atoms with Gasteiger partial charge in [-0.15, -0.1) is 0 Å². The van der Waals surface area contributed by atoms with Crippen molar-refractivity contribution < 1.29 is 8.42 Å². The second kappa shape index (κ2) is 3.71. The maximum absolute atomic E-state index is 11.3. The van der Waals surface area contributed by atoms with E-state index in [0.717, 1.165) is 0 Å². The third-order valence-electron chi connectivity index (χ3n) is 1.40. The van der Waals surface area contributed by atoms with Crippen molar-refractivity contribution in [3.63, 3.8) is 0 Å². The fraction of sp³-hybridized carbons (Fsp3) is 0.286. The van der Waals surface area contributed by atoms with Gasteiger partial charge >= 0.3 is 0 Å². The molecule has 5 nitrogen and oxygen atoms in total. The van der Waals surface area contributed by atoms with Gasteiger partial charge in [-0.05, 0) is 6.07 Å². The predicted molar refractivity (Wildman–Crippen MR) is 47.9 cm³/mol. The molecular formula is C7H10N2O3S. The number of hydrogen-bond acceptors (Lipinski definition) is 3. The summed E-state index contributed by atoms with van der Waals surface area (Å²) >= 11 is 0. The average Bonchev–Trinajstić information content (AvgIpc) is 2.05. The van der Waals surface area contributed by atoms with E-state index in [0.29, 0.717) is 6.54 Å². The van der Waals surface area contributed by atoms with Gasteiger partial charge in [0.05, 0.1) is 4.90 Å². The molecule has 13 heavy (non-hydrogen) atoms. The van der Waals surface area contributed by atoms with Crippen LogP contribution in [-0.4, -0.2) is 19.9 Å². The van der Waals surface area contributed by atoms with Gasteiger partial charge in [0.1, 0.15) is 0 Å². The lowest BCUT2D eigenvalue weighted by atomic mass is 10.5.